The summed E-state index contributed by atoms with van der Waals surface area (Å²) in [5.74, 6) is -0.139. The molecule has 0 radical (unpaired) electrons. The fourth-order valence-corrected chi connectivity index (χ4v) is 2.08. The van der Waals surface area contributed by atoms with E-state index in [-0.39, 0.29) is 5.82 Å². The Bertz CT molecular complexity index is 363. The second-order valence-corrected chi connectivity index (χ2v) is 4.81. The van der Waals surface area contributed by atoms with Crippen molar-refractivity contribution in [3.8, 4) is 0 Å². The lowest BCUT2D eigenvalue weighted by molar-refractivity contribution is 0.528. The summed E-state index contributed by atoms with van der Waals surface area (Å²) in [6.07, 6.45) is 3.60. The molecule has 0 saturated heterocycles. The first-order chi connectivity index (χ1) is 8.22. The van der Waals surface area contributed by atoms with E-state index in [1.165, 1.54) is 18.9 Å². The highest BCUT2D eigenvalue weighted by molar-refractivity contribution is 5.47. The third kappa shape index (κ3) is 3.19. The number of hydrogen-bond donors (Lipinski definition) is 1. The maximum atomic E-state index is 13.7. The van der Waals surface area contributed by atoms with Gasteiger partial charge in [-0.2, -0.15) is 0 Å². The predicted molar refractivity (Wildman–Crippen MR) is 69.9 cm³/mol. The van der Waals surface area contributed by atoms with Crippen LogP contribution in [-0.4, -0.2) is 25.7 Å². The number of rotatable bonds is 6. The van der Waals surface area contributed by atoms with Gasteiger partial charge in [0.25, 0.3) is 0 Å². The second-order valence-electron chi connectivity index (χ2n) is 4.81. The van der Waals surface area contributed by atoms with E-state index in [0.717, 1.165) is 13.0 Å². The van der Waals surface area contributed by atoms with E-state index in [9.17, 15) is 4.39 Å². The van der Waals surface area contributed by atoms with Gasteiger partial charge in [-0.05, 0) is 31.4 Å². The van der Waals surface area contributed by atoms with Crippen molar-refractivity contribution in [2.45, 2.75) is 38.3 Å². The largest absolute Gasteiger partial charge is 0.368 e. The van der Waals surface area contributed by atoms with Crippen molar-refractivity contribution >= 4 is 5.69 Å². The lowest BCUT2D eigenvalue weighted by Crippen LogP contribution is -2.40. The summed E-state index contributed by atoms with van der Waals surface area (Å²) in [5, 5.41) is 3.51. The molecule has 17 heavy (non-hydrogen) atoms. The number of likely N-dealkylation sites (N-methyl/N-ethyl adjacent to an activating group) is 1. The second kappa shape index (κ2) is 5.50. The number of anilines is 1. The molecule has 3 heteroatoms. The Kier molecular flexibility index (Phi) is 4.00. The third-order valence-electron chi connectivity index (χ3n) is 3.47. The van der Waals surface area contributed by atoms with Gasteiger partial charge in [0.1, 0.15) is 5.82 Å². The molecule has 1 aromatic carbocycles. The molecule has 0 aliphatic heterocycles. The van der Waals surface area contributed by atoms with Crippen LogP contribution in [0.25, 0.3) is 0 Å². The summed E-state index contributed by atoms with van der Waals surface area (Å²) in [4.78, 5) is 2.05. The van der Waals surface area contributed by atoms with Crippen molar-refractivity contribution in [2.75, 3.05) is 18.5 Å². The van der Waals surface area contributed by atoms with Gasteiger partial charge in [-0.25, -0.2) is 4.39 Å². The van der Waals surface area contributed by atoms with Gasteiger partial charge in [0.2, 0.25) is 0 Å². The van der Waals surface area contributed by atoms with Crippen LogP contribution >= 0.6 is 0 Å². The summed E-state index contributed by atoms with van der Waals surface area (Å²) >= 11 is 0. The summed E-state index contributed by atoms with van der Waals surface area (Å²) < 4.78 is 13.7. The summed E-state index contributed by atoms with van der Waals surface area (Å²) in [6.45, 7) is 3.09. The highest BCUT2D eigenvalue weighted by Gasteiger charge is 2.23. The average Bonchev–Trinajstić information content (AvgIpc) is 3.14. The Labute approximate surface area is 103 Å². The van der Waals surface area contributed by atoms with E-state index in [4.69, 9.17) is 0 Å². The molecule has 0 bridgehead atoms. The van der Waals surface area contributed by atoms with Crippen molar-refractivity contribution in [1.29, 1.82) is 0 Å². The molecule has 94 valence electrons. The lowest BCUT2D eigenvalue weighted by atomic mass is 10.1. The van der Waals surface area contributed by atoms with E-state index >= 15 is 0 Å². The minimum atomic E-state index is -0.139. The standard InChI is InChI=1S/C14H21FN2/c1-3-12(10-16-11-8-9-11)17(2)14-7-5-4-6-13(14)15/h4-7,11-12,16H,3,8-10H2,1-2H3. The number of nitrogens with zero attached hydrogens (tertiary/aromatic N) is 1. The van der Waals surface area contributed by atoms with Gasteiger partial charge in [-0.15, -0.1) is 0 Å². The van der Waals surface area contributed by atoms with Crippen LogP contribution < -0.4 is 10.2 Å². The number of hydrogen-bond acceptors (Lipinski definition) is 2. The summed E-state index contributed by atoms with van der Waals surface area (Å²) in [5.41, 5.74) is 0.692. The van der Waals surface area contributed by atoms with Gasteiger partial charge < -0.3 is 10.2 Å². The first kappa shape index (κ1) is 12.4. The molecule has 0 spiro atoms. The maximum absolute atomic E-state index is 13.7. The molecule has 1 unspecified atom stereocenters. The highest BCUT2D eigenvalue weighted by atomic mass is 19.1. The van der Waals surface area contributed by atoms with Gasteiger partial charge in [-0.1, -0.05) is 19.1 Å². The van der Waals surface area contributed by atoms with Crippen molar-refractivity contribution in [3.63, 3.8) is 0 Å². The maximum Gasteiger partial charge on any atom is 0.146 e. The van der Waals surface area contributed by atoms with Crippen molar-refractivity contribution in [2.24, 2.45) is 0 Å². The number of para-hydroxylation sites is 1. The lowest BCUT2D eigenvalue weighted by Gasteiger charge is -2.30. The van der Waals surface area contributed by atoms with Gasteiger partial charge >= 0.3 is 0 Å². The van der Waals surface area contributed by atoms with Gasteiger partial charge in [-0.3, -0.25) is 0 Å². The van der Waals surface area contributed by atoms with Gasteiger partial charge in [0, 0.05) is 25.7 Å². The molecule has 2 nitrogen and oxygen atoms in total. The van der Waals surface area contributed by atoms with Crippen LogP contribution in [-0.2, 0) is 0 Å². The zero-order valence-corrected chi connectivity index (χ0v) is 10.6. The van der Waals surface area contributed by atoms with Crippen LogP contribution in [0.4, 0.5) is 10.1 Å². The van der Waals surface area contributed by atoms with Crippen LogP contribution in [0.15, 0.2) is 24.3 Å². The monoisotopic (exact) mass is 236 g/mol. The Morgan fingerprint density at radius 3 is 2.71 bits per heavy atom. The summed E-state index contributed by atoms with van der Waals surface area (Å²) in [7, 11) is 1.97. The molecule has 1 aliphatic carbocycles. The molecule has 1 fully saturated rings. The smallest absolute Gasteiger partial charge is 0.146 e. The molecule has 0 amide bonds. The summed E-state index contributed by atoms with van der Waals surface area (Å²) in [6, 6.07) is 8.04. The molecule has 1 aliphatic rings. The van der Waals surface area contributed by atoms with Crippen molar-refractivity contribution in [1.82, 2.24) is 5.32 Å². The minimum Gasteiger partial charge on any atom is -0.368 e. The molecule has 1 aromatic rings. The van der Waals surface area contributed by atoms with Gasteiger partial charge in [0.15, 0.2) is 0 Å². The van der Waals surface area contributed by atoms with E-state index in [2.05, 4.69) is 12.2 Å². The normalized spacial score (nSPS) is 16.9. The Hall–Kier alpha value is -1.09. The molecular formula is C14H21FN2. The van der Waals surface area contributed by atoms with E-state index in [0.29, 0.717) is 17.8 Å². The van der Waals surface area contributed by atoms with E-state index < -0.39 is 0 Å². The number of halogens is 1. The minimum absolute atomic E-state index is 0.139. The van der Waals surface area contributed by atoms with Crippen molar-refractivity contribution < 1.29 is 4.39 Å². The predicted octanol–water partition coefficient (Wildman–Crippen LogP) is 2.79. The zero-order valence-electron chi connectivity index (χ0n) is 10.6. The molecule has 1 N–H and O–H groups in total. The molecule has 2 rings (SSSR count). The first-order valence-corrected chi connectivity index (χ1v) is 6.43. The molecule has 0 heterocycles. The topological polar surface area (TPSA) is 15.3 Å². The number of benzene rings is 1. The average molecular weight is 236 g/mol. The van der Waals surface area contributed by atoms with Crippen LogP contribution in [0.2, 0.25) is 0 Å². The van der Waals surface area contributed by atoms with Crippen LogP contribution in [0.1, 0.15) is 26.2 Å². The van der Waals surface area contributed by atoms with Crippen LogP contribution in [0.3, 0.4) is 0 Å². The third-order valence-corrected chi connectivity index (χ3v) is 3.47. The highest BCUT2D eigenvalue weighted by Crippen LogP contribution is 2.22. The van der Waals surface area contributed by atoms with E-state index in [1.54, 1.807) is 6.07 Å². The molecule has 1 saturated carbocycles. The van der Waals surface area contributed by atoms with Gasteiger partial charge in [0.05, 0.1) is 5.69 Å². The van der Waals surface area contributed by atoms with Crippen LogP contribution in [0.5, 0.6) is 0 Å². The molecule has 0 aromatic heterocycles. The Balaban J connectivity index is 1.99. The molecular weight excluding hydrogens is 215 g/mol. The van der Waals surface area contributed by atoms with Crippen LogP contribution in [0, 0.1) is 5.82 Å². The Morgan fingerprint density at radius 2 is 2.12 bits per heavy atom. The quantitative estimate of drug-likeness (QED) is 0.817. The Morgan fingerprint density at radius 1 is 1.41 bits per heavy atom. The fraction of sp³-hybridized carbons (Fsp3) is 0.571. The number of nitrogens with one attached hydrogen (secondary N) is 1. The zero-order chi connectivity index (χ0) is 12.3. The molecule has 1 atom stereocenters. The fourth-order valence-electron chi connectivity index (χ4n) is 2.08. The SMILES string of the molecule is CCC(CNC1CC1)N(C)c1ccccc1F. The van der Waals surface area contributed by atoms with E-state index in [1.807, 2.05) is 24.1 Å². The first-order valence-electron chi connectivity index (χ1n) is 6.43. The van der Waals surface area contributed by atoms with Crippen molar-refractivity contribution in [3.05, 3.63) is 30.1 Å².